The average Bonchev–Trinajstić information content (AvgIpc) is 2.79. The van der Waals surface area contributed by atoms with Gasteiger partial charge in [-0.05, 0) is 37.5 Å². The lowest BCUT2D eigenvalue weighted by Crippen LogP contribution is -2.38. The van der Waals surface area contributed by atoms with Crippen molar-refractivity contribution in [1.29, 1.82) is 0 Å². The number of methoxy groups -OCH3 is 1. The SMILES string of the molecule is COc1ccc(C2(N)CCCCC2)c2cc(C)oc12. The molecule has 102 valence electrons. The number of hydrogen-bond acceptors (Lipinski definition) is 3. The van der Waals surface area contributed by atoms with E-state index in [9.17, 15) is 0 Å². The van der Waals surface area contributed by atoms with E-state index in [-0.39, 0.29) is 5.54 Å². The molecule has 0 saturated heterocycles. The molecule has 1 heterocycles. The molecule has 3 rings (SSSR count). The zero-order chi connectivity index (χ0) is 13.5. The Balaban J connectivity index is 2.18. The molecule has 1 fully saturated rings. The maximum atomic E-state index is 6.66. The molecule has 2 aromatic rings. The minimum atomic E-state index is -0.209. The van der Waals surface area contributed by atoms with Gasteiger partial charge in [0.25, 0.3) is 0 Å². The van der Waals surface area contributed by atoms with Crippen molar-refractivity contribution in [2.24, 2.45) is 5.73 Å². The first-order valence-corrected chi connectivity index (χ1v) is 7.00. The first-order chi connectivity index (χ1) is 9.14. The zero-order valence-electron chi connectivity index (χ0n) is 11.7. The third kappa shape index (κ3) is 2.02. The molecule has 0 amide bonds. The first-order valence-electron chi connectivity index (χ1n) is 7.00. The van der Waals surface area contributed by atoms with Gasteiger partial charge in [0.15, 0.2) is 11.3 Å². The van der Waals surface area contributed by atoms with Crippen LogP contribution in [0.5, 0.6) is 5.75 Å². The number of aryl methyl sites for hydroxylation is 1. The highest BCUT2D eigenvalue weighted by molar-refractivity contribution is 5.88. The van der Waals surface area contributed by atoms with Gasteiger partial charge < -0.3 is 14.9 Å². The predicted octanol–water partition coefficient (Wildman–Crippen LogP) is 3.87. The second-order valence-electron chi connectivity index (χ2n) is 5.63. The van der Waals surface area contributed by atoms with Gasteiger partial charge in [-0.3, -0.25) is 0 Å². The Hall–Kier alpha value is -1.48. The van der Waals surface area contributed by atoms with Gasteiger partial charge in [-0.25, -0.2) is 0 Å². The highest BCUT2D eigenvalue weighted by Gasteiger charge is 2.32. The summed E-state index contributed by atoms with van der Waals surface area (Å²) in [5.74, 6) is 1.69. The van der Waals surface area contributed by atoms with E-state index in [1.807, 2.05) is 13.0 Å². The Morgan fingerprint density at radius 2 is 1.95 bits per heavy atom. The molecule has 1 aliphatic carbocycles. The van der Waals surface area contributed by atoms with Crippen molar-refractivity contribution < 1.29 is 9.15 Å². The fraction of sp³-hybridized carbons (Fsp3) is 0.500. The Morgan fingerprint density at radius 1 is 1.21 bits per heavy atom. The average molecular weight is 259 g/mol. The van der Waals surface area contributed by atoms with Crippen molar-refractivity contribution in [3.8, 4) is 5.75 Å². The Morgan fingerprint density at radius 3 is 2.63 bits per heavy atom. The van der Waals surface area contributed by atoms with E-state index in [2.05, 4.69) is 12.1 Å². The van der Waals surface area contributed by atoms with Crippen LogP contribution in [0.4, 0.5) is 0 Å². The maximum Gasteiger partial charge on any atom is 0.176 e. The molecule has 1 aromatic carbocycles. The van der Waals surface area contributed by atoms with Gasteiger partial charge in [-0.2, -0.15) is 0 Å². The fourth-order valence-corrected chi connectivity index (χ4v) is 3.27. The lowest BCUT2D eigenvalue weighted by atomic mass is 9.76. The Bertz CT molecular complexity index is 594. The highest BCUT2D eigenvalue weighted by atomic mass is 16.5. The van der Waals surface area contributed by atoms with Crippen LogP contribution in [0.3, 0.4) is 0 Å². The summed E-state index contributed by atoms with van der Waals surface area (Å²) in [6.45, 7) is 1.97. The van der Waals surface area contributed by atoms with E-state index in [1.165, 1.54) is 24.8 Å². The fourth-order valence-electron chi connectivity index (χ4n) is 3.27. The van der Waals surface area contributed by atoms with Crippen LogP contribution in [0.2, 0.25) is 0 Å². The number of rotatable bonds is 2. The van der Waals surface area contributed by atoms with Crippen molar-refractivity contribution in [3.63, 3.8) is 0 Å². The summed E-state index contributed by atoms with van der Waals surface area (Å²) < 4.78 is 11.2. The van der Waals surface area contributed by atoms with E-state index in [1.54, 1.807) is 7.11 Å². The van der Waals surface area contributed by atoms with Crippen LogP contribution in [-0.4, -0.2) is 7.11 Å². The Labute approximate surface area is 113 Å². The van der Waals surface area contributed by atoms with Crippen LogP contribution in [0.15, 0.2) is 22.6 Å². The van der Waals surface area contributed by atoms with Crippen molar-refractivity contribution in [2.75, 3.05) is 7.11 Å². The van der Waals surface area contributed by atoms with Crippen LogP contribution in [0, 0.1) is 6.92 Å². The summed E-state index contributed by atoms with van der Waals surface area (Å²) in [5.41, 5.74) is 8.49. The van der Waals surface area contributed by atoms with Gasteiger partial charge in [0.05, 0.1) is 7.11 Å². The number of benzene rings is 1. The second kappa shape index (κ2) is 4.57. The molecule has 2 N–H and O–H groups in total. The van der Waals surface area contributed by atoms with Crippen LogP contribution < -0.4 is 10.5 Å². The van der Waals surface area contributed by atoms with Crippen molar-refractivity contribution in [1.82, 2.24) is 0 Å². The molecular formula is C16H21NO2. The maximum absolute atomic E-state index is 6.66. The zero-order valence-corrected chi connectivity index (χ0v) is 11.7. The summed E-state index contributed by atoms with van der Waals surface area (Å²) in [6.07, 6.45) is 5.82. The molecule has 1 aliphatic rings. The van der Waals surface area contributed by atoms with Crippen molar-refractivity contribution in [3.05, 3.63) is 29.5 Å². The second-order valence-corrected chi connectivity index (χ2v) is 5.63. The lowest BCUT2D eigenvalue weighted by molar-refractivity contribution is 0.304. The van der Waals surface area contributed by atoms with Gasteiger partial charge in [0.1, 0.15) is 5.76 Å². The third-order valence-corrected chi connectivity index (χ3v) is 4.27. The molecular weight excluding hydrogens is 238 g/mol. The third-order valence-electron chi connectivity index (χ3n) is 4.27. The monoisotopic (exact) mass is 259 g/mol. The molecule has 0 spiro atoms. The van der Waals surface area contributed by atoms with Gasteiger partial charge >= 0.3 is 0 Å². The Kier molecular flexibility index (Phi) is 3.02. The van der Waals surface area contributed by atoms with E-state index in [0.717, 1.165) is 35.3 Å². The molecule has 0 bridgehead atoms. The van der Waals surface area contributed by atoms with Crippen LogP contribution in [0.1, 0.15) is 43.4 Å². The molecule has 0 radical (unpaired) electrons. The summed E-state index contributed by atoms with van der Waals surface area (Å²) in [7, 11) is 1.67. The number of ether oxygens (including phenoxy) is 1. The van der Waals surface area contributed by atoms with Gasteiger partial charge in [0.2, 0.25) is 0 Å². The molecule has 3 heteroatoms. The molecule has 0 unspecified atom stereocenters. The predicted molar refractivity (Wildman–Crippen MR) is 76.5 cm³/mol. The smallest absolute Gasteiger partial charge is 0.176 e. The molecule has 1 saturated carbocycles. The summed E-state index contributed by atoms with van der Waals surface area (Å²) >= 11 is 0. The van der Waals surface area contributed by atoms with Crippen molar-refractivity contribution in [2.45, 2.75) is 44.6 Å². The van der Waals surface area contributed by atoms with E-state index >= 15 is 0 Å². The number of fused-ring (bicyclic) bond motifs is 1. The van der Waals surface area contributed by atoms with Gasteiger partial charge in [-0.1, -0.05) is 25.3 Å². The number of furan rings is 1. The standard InChI is InChI=1S/C16H21NO2/c1-11-10-12-13(16(17)8-4-3-5-9-16)6-7-14(18-2)15(12)19-11/h6-7,10H,3-5,8-9,17H2,1-2H3. The summed E-state index contributed by atoms with van der Waals surface area (Å²) in [4.78, 5) is 0. The normalized spacial score (nSPS) is 18.7. The quantitative estimate of drug-likeness (QED) is 0.890. The van der Waals surface area contributed by atoms with Crippen LogP contribution in [-0.2, 0) is 5.54 Å². The first kappa shape index (κ1) is 12.5. The summed E-state index contributed by atoms with van der Waals surface area (Å²) in [5, 5.41) is 1.11. The van der Waals surface area contributed by atoms with Gasteiger partial charge in [-0.15, -0.1) is 0 Å². The van der Waals surface area contributed by atoms with Crippen LogP contribution >= 0.6 is 0 Å². The van der Waals surface area contributed by atoms with E-state index in [0.29, 0.717) is 0 Å². The molecule has 1 aromatic heterocycles. The topological polar surface area (TPSA) is 48.4 Å². The molecule has 19 heavy (non-hydrogen) atoms. The lowest BCUT2D eigenvalue weighted by Gasteiger charge is -2.34. The van der Waals surface area contributed by atoms with Gasteiger partial charge in [0, 0.05) is 10.9 Å². The highest BCUT2D eigenvalue weighted by Crippen LogP contribution is 2.41. The minimum absolute atomic E-state index is 0.209. The largest absolute Gasteiger partial charge is 0.493 e. The van der Waals surface area contributed by atoms with Crippen LogP contribution in [0.25, 0.3) is 11.0 Å². The molecule has 0 atom stereocenters. The number of nitrogens with two attached hydrogens (primary N) is 1. The summed E-state index contributed by atoms with van der Waals surface area (Å²) in [6, 6.07) is 6.17. The number of hydrogen-bond donors (Lipinski definition) is 1. The molecule has 0 aliphatic heterocycles. The van der Waals surface area contributed by atoms with E-state index < -0.39 is 0 Å². The minimum Gasteiger partial charge on any atom is -0.493 e. The van der Waals surface area contributed by atoms with E-state index in [4.69, 9.17) is 14.9 Å². The van der Waals surface area contributed by atoms with Crippen molar-refractivity contribution >= 4 is 11.0 Å². The molecule has 3 nitrogen and oxygen atoms in total.